The second-order valence-corrected chi connectivity index (χ2v) is 11.4. The quantitative estimate of drug-likeness (QED) is 0.464. The summed E-state index contributed by atoms with van der Waals surface area (Å²) in [5.41, 5.74) is 3.64. The number of ether oxygens (including phenoxy) is 1. The number of hydrogen-bond acceptors (Lipinski definition) is 4. The summed E-state index contributed by atoms with van der Waals surface area (Å²) in [6.45, 7) is 8.44. The lowest BCUT2D eigenvalue weighted by Crippen LogP contribution is -2.46. The summed E-state index contributed by atoms with van der Waals surface area (Å²) in [7, 11) is 1.46. The molecule has 2 N–H and O–H groups in total. The molecule has 2 fully saturated rings. The van der Waals surface area contributed by atoms with E-state index in [4.69, 9.17) is 16.3 Å². The Morgan fingerprint density at radius 2 is 1.74 bits per heavy atom. The number of halogens is 1. The van der Waals surface area contributed by atoms with Gasteiger partial charge in [0, 0.05) is 36.5 Å². The molecule has 5 unspecified atom stereocenters. The molecule has 0 spiro atoms. The Hall–Kier alpha value is -3.16. The molecule has 0 radical (unpaired) electrons. The number of rotatable bonds is 7. The van der Waals surface area contributed by atoms with Gasteiger partial charge in [-0.15, -0.1) is 0 Å². The summed E-state index contributed by atoms with van der Waals surface area (Å²) >= 11 is 6.06. The number of amides is 3. The predicted molar refractivity (Wildman–Crippen MR) is 153 cm³/mol. The zero-order chi connectivity index (χ0) is 28.3. The van der Waals surface area contributed by atoms with Crippen molar-refractivity contribution in [1.82, 2.24) is 10.2 Å². The normalized spacial score (nSPS) is 26.1. The molecule has 2 aromatic rings. The minimum Gasteiger partial charge on any atom is -0.374 e. The second-order valence-electron chi connectivity index (χ2n) is 11.0. The number of carbonyl (C=O) groups is 3. The molecule has 39 heavy (non-hydrogen) atoms. The number of methoxy groups -OCH3 is 1. The Kier molecular flexibility index (Phi) is 9.13. The van der Waals surface area contributed by atoms with Crippen LogP contribution in [0.5, 0.6) is 0 Å². The van der Waals surface area contributed by atoms with Gasteiger partial charge in [-0.05, 0) is 73.1 Å². The maximum absolute atomic E-state index is 13.8. The van der Waals surface area contributed by atoms with Crippen LogP contribution >= 0.6 is 11.6 Å². The molecule has 0 aromatic heterocycles. The number of hydrogen-bond donors (Lipinski definition) is 2. The summed E-state index contributed by atoms with van der Waals surface area (Å²) < 4.78 is 5.74. The summed E-state index contributed by atoms with van der Waals surface area (Å²) in [4.78, 5) is 42.1. The Morgan fingerprint density at radius 1 is 1.08 bits per heavy atom. The Morgan fingerprint density at radius 3 is 2.38 bits per heavy atom. The van der Waals surface area contributed by atoms with Gasteiger partial charge in [0.15, 0.2) is 0 Å². The number of benzene rings is 2. The van der Waals surface area contributed by atoms with Crippen LogP contribution in [-0.2, 0) is 25.7 Å². The van der Waals surface area contributed by atoms with E-state index in [0.29, 0.717) is 22.5 Å². The maximum Gasteiger partial charge on any atom is 0.253 e. The molecule has 3 amide bonds. The van der Waals surface area contributed by atoms with Gasteiger partial charge in [0.25, 0.3) is 5.91 Å². The van der Waals surface area contributed by atoms with E-state index in [1.807, 2.05) is 44.2 Å². The molecule has 1 saturated heterocycles. The van der Waals surface area contributed by atoms with E-state index in [1.165, 1.54) is 18.1 Å². The van der Waals surface area contributed by atoms with Crippen LogP contribution in [0.25, 0.3) is 0 Å². The van der Waals surface area contributed by atoms with Crippen molar-refractivity contribution < 1.29 is 19.1 Å². The van der Waals surface area contributed by atoms with Crippen molar-refractivity contribution in [3.8, 4) is 0 Å². The minimum atomic E-state index is -0.966. The van der Waals surface area contributed by atoms with Crippen LogP contribution in [0.2, 0.25) is 5.02 Å². The lowest BCUT2D eigenvalue weighted by atomic mass is 9.78. The fourth-order valence-corrected chi connectivity index (χ4v) is 5.92. The van der Waals surface area contributed by atoms with E-state index in [-0.39, 0.29) is 30.0 Å². The van der Waals surface area contributed by atoms with Crippen molar-refractivity contribution in [2.24, 2.45) is 11.8 Å². The fourth-order valence-electron chi connectivity index (χ4n) is 5.80. The molecular formula is C31H38ClN3O4. The first-order valence-corrected chi connectivity index (χ1v) is 13.9. The van der Waals surface area contributed by atoms with Gasteiger partial charge in [0.2, 0.25) is 11.8 Å². The van der Waals surface area contributed by atoms with Crippen LogP contribution in [0.3, 0.4) is 0 Å². The molecule has 2 aliphatic rings. The zero-order valence-corrected chi connectivity index (χ0v) is 24.0. The Balaban J connectivity index is 1.64. The molecule has 1 saturated carbocycles. The molecule has 2 aromatic carbocycles. The van der Waals surface area contributed by atoms with E-state index in [2.05, 4.69) is 24.5 Å². The minimum absolute atomic E-state index is 0.0458. The lowest BCUT2D eigenvalue weighted by molar-refractivity contribution is -0.133. The first-order valence-electron chi connectivity index (χ1n) is 13.6. The SMILES string of the molecule is COC1/C(=C/C(=O)NC2CCCC(C)C2C)C(=O)N(Cc2ccc(Cl)cc2)C1C(=O)Nc1cc(C)cc(C)c1. The highest BCUT2D eigenvalue weighted by Gasteiger charge is 2.48. The zero-order valence-electron chi connectivity index (χ0n) is 23.3. The van der Waals surface area contributed by atoms with Crippen molar-refractivity contribution in [3.63, 3.8) is 0 Å². The van der Waals surface area contributed by atoms with Gasteiger partial charge >= 0.3 is 0 Å². The molecule has 208 valence electrons. The Labute approximate surface area is 235 Å². The highest BCUT2D eigenvalue weighted by molar-refractivity contribution is 6.30. The predicted octanol–water partition coefficient (Wildman–Crippen LogP) is 5.19. The van der Waals surface area contributed by atoms with Gasteiger partial charge < -0.3 is 20.3 Å². The highest BCUT2D eigenvalue weighted by atomic mass is 35.5. The van der Waals surface area contributed by atoms with Gasteiger partial charge in [-0.1, -0.05) is 56.5 Å². The summed E-state index contributed by atoms with van der Waals surface area (Å²) in [5.74, 6) is -0.264. The fraction of sp³-hybridized carbons (Fsp3) is 0.452. The third-order valence-electron chi connectivity index (χ3n) is 8.04. The molecular weight excluding hydrogens is 514 g/mol. The molecule has 1 heterocycles. The smallest absolute Gasteiger partial charge is 0.253 e. The van der Waals surface area contributed by atoms with Crippen molar-refractivity contribution in [2.45, 2.75) is 71.7 Å². The summed E-state index contributed by atoms with van der Waals surface area (Å²) in [6, 6.07) is 12.0. The van der Waals surface area contributed by atoms with Gasteiger partial charge in [-0.25, -0.2) is 0 Å². The average molecular weight is 552 g/mol. The number of nitrogens with zero attached hydrogens (tertiary/aromatic N) is 1. The molecule has 8 heteroatoms. The summed E-state index contributed by atoms with van der Waals surface area (Å²) in [6.07, 6.45) is 3.52. The number of aryl methyl sites for hydroxylation is 2. The monoisotopic (exact) mass is 551 g/mol. The molecule has 7 nitrogen and oxygen atoms in total. The van der Waals surface area contributed by atoms with E-state index in [0.717, 1.165) is 36.0 Å². The van der Waals surface area contributed by atoms with E-state index in [1.54, 1.807) is 12.1 Å². The molecule has 1 aliphatic carbocycles. The number of carbonyl (C=O) groups excluding carboxylic acids is 3. The van der Waals surface area contributed by atoms with Crippen LogP contribution in [0.4, 0.5) is 5.69 Å². The van der Waals surface area contributed by atoms with Crippen LogP contribution in [0.1, 0.15) is 49.8 Å². The van der Waals surface area contributed by atoms with Crippen molar-refractivity contribution >= 4 is 35.0 Å². The molecule has 4 rings (SSSR count). The third-order valence-corrected chi connectivity index (χ3v) is 8.29. The van der Waals surface area contributed by atoms with Gasteiger partial charge in [0.1, 0.15) is 12.1 Å². The van der Waals surface area contributed by atoms with Crippen molar-refractivity contribution in [3.05, 3.63) is 75.8 Å². The maximum atomic E-state index is 13.8. The third kappa shape index (κ3) is 6.71. The molecule has 1 aliphatic heterocycles. The number of nitrogens with one attached hydrogen (secondary N) is 2. The van der Waals surface area contributed by atoms with Crippen LogP contribution in [-0.4, -0.2) is 47.9 Å². The first-order chi connectivity index (χ1) is 18.6. The van der Waals surface area contributed by atoms with Crippen LogP contribution < -0.4 is 10.6 Å². The van der Waals surface area contributed by atoms with Gasteiger partial charge in [0.05, 0.1) is 5.57 Å². The van der Waals surface area contributed by atoms with Crippen molar-refractivity contribution in [2.75, 3.05) is 12.4 Å². The van der Waals surface area contributed by atoms with Gasteiger partial charge in [-0.3, -0.25) is 14.4 Å². The second kappa shape index (κ2) is 12.3. The van der Waals surface area contributed by atoms with Crippen LogP contribution in [0.15, 0.2) is 54.1 Å². The number of anilines is 1. The first kappa shape index (κ1) is 28.8. The number of likely N-dealkylation sites (tertiary alicyclic amines) is 1. The van der Waals surface area contributed by atoms with Gasteiger partial charge in [-0.2, -0.15) is 0 Å². The lowest BCUT2D eigenvalue weighted by Gasteiger charge is -2.34. The Bertz CT molecular complexity index is 1240. The molecule has 5 atom stereocenters. The van der Waals surface area contributed by atoms with Crippen molar-refractivity contribution in [1.29, 1.82) is 0 Å². The van der Waals surface area contributed by atoms with E-state index < -0.39 is 18.1 Å². The topological polar surface area (TPSA) is 87.7 Å². The molecule has 0 bridgehead atoms. The largest absolute Gasteiger partial charge is 0.374 e. The summed E-state index contributed by atoms with van der Waals surface area (Å²) in [5, 5.41) is 6.64. The van der Waals surface area contributed by atoms with Crippen LogP contribution in [0, 0.1) is 25.7 Å². The van der Waals surface area contributed by atoms with E-state index >= 15 is 0 Å². The average Bonchev–Trinajstić information content (AvgIpc) is 3.13. The standard InChI is InChI=1S/C31H38ClN3O4/c1-18-13-19(2)15-24(14-18)33-30(37)28-29(39-5)25(16-27(36)34-26-8-6-7-20(3)21(26)4)31(38)35(28)17-22-9-11-23(32)12-10-22/h9-16,20-21,26,28-29H,6-8,17H2,1-5H3,(H,33,37)(H,34,36)/b25-16-. The van der Waals surface area contributed by atoms with E-state index in [9.17, 15) is 14.4 Å². The highest BCUT2D eigenvalue weighted by Crippen LogP contribution is 2.32.